The van der Waals surface area contributed by atoms with Crippen molar-refractivity contribution in [1.82, 2.24) is 4.90 Å². The first kappa shape index (κ1) is 20.7. The van der Waals surface area contributed by atoms with Gasteiger partial charge in [0.2, 0.25) is 5.91 Å². The van der Waals surface area contributed by atoms with Crippen LogP contribution in [0.15, 0.2) is 12.1 Å². The van der Waals surface area contributed by atoms with E-state index in [1.165, 1.54) is 0 Å². The molecule has 0 heterocycles. The molecule has 0 saturated carbocycles. The maximum atomic E-state index is 14.0. The zero-order valence-corrected chi connectivity index (χ0v) is 16.3. The van der Waals surface area contributed by atoms with Crippen LogP contribution < -0.4 is 0 Å². The lowest BCUT2D eigenvalue weighted by atomic mass is 9.94. The van der Waals surface area contributed by atoms with Gasteiger partial charge in [-0.05, 0) is 61.3 Å². The predicted molar refractivity (Wildman–Crippen MR) is 99.8 cm³/mol. The molecule has 0 saturated heterocycles. The third-order valence-electron chi connectivity index (χ3n) is 5.09. The molecule has 1 aromatic rings. The molecule has 2 nitrogen and oxygen atoms in total. The summed E-state index contributed by atoms with van der Waals surface area (Å²) in [6.07, 6.45) is 3.50. The van der Waals surface area contributed by atoms with Crippen molar-refractivity contribution in [3.8, 4) is 0 Å². The van der Waals surface area contributed by atoms with Gasteiger partial charge in [-0.1, -0.05) is 40.2 Å². The van der Waals surface area contributed by atoms with Crippen molar-refractivity contribution in [2.24, 2.45) is 5.92 Å². The van der Waals surface area contributed by atoms with Crippen LogP contribution >= 0.6 is 0 Å². The van der Waals surface area contributed by atoms with Crippen LogP contribution in [0.2, 0.25) is 0 Å². The number of aryl methyl sites for hydroxylation is 1. The summed E-state index contributed by atoms with van der Waals surface area (Å²) in [6.45, 7) is 13.8. The highest BCUT2D eigenvalue weighted by atomic mass is 19.1. The fourth-order valence-electron chi connectivity index (χ4n) is 2.85. The summed E-state index contributed by atoms with van der Waals surface area (Å²) in [6, 6.07) is 3.73. The Morgan fingerprint density at radius 2 is 1.83 bits per heavy atom. The summed E-state index contributed by atoms with van der Waals surface area (Å²) >= 11 is 0. The third kappa shape index (κ3) is 5.92. The number of halogens is 1. The van der Waals surface area contributed by atoms with E-state index in [0.29, 0.717) is 12.3 Å². The Bertz CT molecular complexity index is 518. The molecular weight excluding hydrogens is 301 g/mol. The molecule has 1 rings (SSSR count). The summed E-state index contributed by atoms with van der Waals surface area (Å²) in [4.78, 5) is 14.5. The molecule has 0 radical (unpaired) electrons. The van der Waals surface area contributed by atoms with Crippen LogP contribution in [0.3, 0.4) is 0 Å². The van der Waals surface area contributed by atoms with Gasteiger partial charge < -0.3 is 4.90 Å². The van der Waals surface area contributed by atoms with Crippen LogP contribution in [0.25, 0.3) is 0 Å². The Labute approximate surface area is 147 Å². The highest BCUT2D eigenvalue weighted by Gasteiger charge is 2.17. The Morgan fingerprint density at radius 3 is 2.38 bits per heavy atom. The molecule has 0 aromatic heterocycles. The average molecular weight is 336 g/mol. The second-order valence-corrected chi connectivity index (χ2v) is 7.23. The molecule has 0 bridgehead atoms. The molecular formula is C21H34FNO. The lowest BCUT2D eigenvalue weighted by Crippen LogP contribution is -2.34. The van der Waals surface area contributed by atoms with Crippen LogP contribution in [-0.2, 0) is 4.79 Å². The lowest BCUT2D eigenvalue weighted by molar-refractivity contribution is -0.132. The molecule has 3 heteroatoms. The number of carbonyl (C=O) groups is 1. The summed E-state index contributed by atoms with van der Waals surface area (Å²) in [5, 5.41) is 0. The molecule has 0 aliphatic heterocycles. The molecule has 0 spiro atoms. The van der Waals surface area contributed by atoms with E-state index in [2.05, 4.69) is 33.8 Å². The topological polar surface area (TPSA) is 20.3 Å². The standard InChI is InChI=1S/C21H34FNO/c1-7-10-23(21(24)12-15(3)8-2)11-9-16(4)19-13-17(5)18(6)20(22)14-19/h13-16H,7-12H2,1-6H3. The van der Waals surface area contributed by atoms with E-state index < -0.39 is 0 Å². The minimum absolute atomic E-state index is 0.130. The first-order valence-corrected chi connectivity index (χ1v) is 9.34. The van der Waals surface area contributed by atoms with Crippen molar-refractivity contribution in [2.75, 3.05) is 13.1 Å². The van der Waals surface area contributed by atoms with Gasteiger partial charge in [0.1, 0.15) is 5.82 Å². The van der Waals surface area contributed by atoms with E-state index in [9.17, 15) is 9.18 Å². The van der Waals surface area contributed by atoms with E-state index in [4.69, 9.17) is 0 Å². The van der Waals surface area contributed by atoms with E-state index in [1.807, 2.05) is 18.7 Å². The molecule has 136 valence electrons. The quantitative estimate of drug-likeness (QED) is 0.574. The van der Waals surface area contributed by atoms with Crippen LogP contribution in [0.1, 0.15) is 76.0 Å². The number of carbonyl (C=O) groups excluding carboxylic acids is 1. The van der Waals surface area contributed by atoms with Gasteiger partial charge in [-0.2, -0.15) is 0 Å². The lowest BCUT2D eigenvalue weighted by Gasteiger charge is -2.25. The van der Waals surface area contributed by atoms with E-state index in [0.717, 1.165) is 49.0 Å². The molecule has 1 amide bonds. The van der Waals surface area contributed by atoms with Gasteiger partial charge in [0, 0.05) is 19.5 Å². The highest BCUT2D eigenvalue weighted by Crippen LogP contribution is 2.24. The average Bonchev–Trinajstić information content (AvgIpc) is 2.55. The van der Waals surface area contributed by atoms with Crippen LogP contribution in [0.5, 0.6) is 0 Å². The minimum atomic E-state index is -0.130. The Kier molecular flexibility index (Phi) is 8.44. The van der Waals surface area contributed by atoms with Crippen molar-refractivity contribution in [1.29, 1.82) is 0 Å². The summed E-state index contributed by atoms with van der Waals surface area (Å²) in [5.74, 6) is 0.803. The van der Waals surface area contributed by atoms with Gasteiger partial charge >= 0.3 is 0 Å². The number of amides is 1. The van der Waals surface area contributed by atoms with Crippen molar-refractivity contribution in [3.63, 3.8) is 0 Å². The first-order chi connectivity index (χ1) is 11.3. The minimum Gasteiger partial charge on any atom is -0.343 e. The maximum Gasteiger partial charge on any atom is 0.222 e. The third-order valence-corrected chi connectivity index (χ3v) is 5.09. The van der Waals surface area contributed by atoms with Crippen LogP contribution in [-0.4, -0.2) is 23.9 Å². The Hall–Kier alpha value is -1.38. The van der Waals surface area contributed by atoms with Crippen molar-refractivity contribution >= 4 is 5.91 Å². The molecule has 0 fully saturated rings. The van der Waals surface area contributed by atoms with E-state index in [-0.39, 0.29) is 17.6 Å². The van der Waals surface area contributed by atoms with E-state index >= 15 is 0 Å². The molecule has 1 aromatic carbocycles. The van der Waals surface area contributed by atoms with Crippen molar-refractivity contribution in [3.05, 3.63) is 34.6 Å². The van der Waals surface area contributed by atoms with Gasteiger partial charge in [0.05, 0.1) is 0 Å². The predicted octanol–water partition coefficient (Wildman–Crippen LogP) is 5.61. The highest BCUT2D eigenvalue weighted by molar-refractivity contribution is 5.76. The summed E-state index contributed by atoms with van der Waals surface area (Å²) in [5.41, 5.74) is 2.75. The summed E-state index contributed by atoms with van der Waals surface area (Å²) in [7, 11) is 0. The molecule has 2 unspecified atom stereocenters. The number of rotatable bonds is 9. The van der Waals surface area contributed by atoms with Crippen LogP contribution in [0.4, 0.5) is 4.39 Å². The number of hydrogen-bond donors (Lipinski definition) is 0. The fourth-order valence-corrected chi connectivity index (χ4v) is 2.85. The van der Waals surface area contributed by atoms with E-state index in [1.54, 1.807) is 6.07 Å². The van der Waals surface area contributed by atoms with Gasteiger partial charge in [0.15, 0.2) is 0 Å². The SMILES string of the molecule is CCCN(CCC(C)c1cc(C)c(C)c(F)c1)C(=O)CC(C)CC. The van der Waals surface area contributed by atoms with Gasteiger partial charge in [0.25, 0.3) is 0 Å². The normalized spacial score (nSPS) is 13.6. The Balaban J connectivity index is 2.70. The number of hydrogen-bond acceptors (Lipinski definition) is 1. The van der Waals surface area contributed by atoms with Crippen LogP contribution in [0, 0.1) is 25.6 Å². The maximum absolute atomic E-state index is 14.0. The first-order valence-electron chi connectivity index (χ1n) is 9.34. The molecule has 0 N–H and O–H groups in total. The summed E-state index contributed by atoms with van der Waals surface area (Å²) < 4.78 is 14.0. The smallest absolute Gasteiger partial charge is 0.222 e. The molecule has 0 aliphatic rings. The van der Waals surface area contributed by atoms with Gasteiger partial charge in [-0.25, -0.2) is 4.39 Å². The number of nitrogens with zero attached hydrogens (tertiary/aromatic N) is 1. The Morgan fingerprint density at radius 1 is 1.17 bits per heavy atom. The zero-order valence-electron chi connectivity index (χ0n) is 16.3. The van der Waals surface area contributed by atoms with Crippen molar-refractivity contribution in [2.45, 2.75) is 73.1 Å². The monoisotopic (exact) mass is 335 g/mol. The largest absolute Gasteiger partial charge is 0.343 e. The molecule has 24 heavy (non-hydrogen) atoms. The zero-order chi connectivity index (χ0) is 18.3. The second kappa shape index (κ2) is 9.80. The van der Waals surface area contributed by atoms with Crippen molar-refractivity contribution < 1.29 is 9.18 Å². The molecule has 2 atom stereocenters. The van der Waals surface area contributed by atoms with Gasteiger partial charge in [-0.3, -0.25) is 4.79 Å². The molecule has 0 aliphatic carbocycles. The van der Waals surface area contributed by atoms with Gasteiger partial charge in [-0.15, -0.1) is 0 Å². The second-order valence-electron chi connectivity index (χ2n) is 7.23. The number of benzene rings is 1. The fraction of sp³-hybridized carbons (Fsp3) is 0.667.